The van der Waals surface area contributed by atoms with Gasteiger partial charge in [-0.2, -0.15) is 4.31 Å². The van der Waals surface area contributed by atoms with E-state index in [9.17, 15) is 9.13 Å². The van der Waals surface area contributed by atoms with Crippen LogP contribution in [0.5, 0.6) is 0 Å². The Balaban J connectivity index is 4.11. The Morgan fingerprint density at radius 3 is 1.87 bits per heavy atom. The molecule has 0 amide bonds. The van der Waals surface area contributed by atoms with Crippen molar-refractivity contribution in [2.75, 3.05) is 19.8 Å². The van der Waals surface area contributed by atoms with E-state index in [2.05, 4.69) is 48.7 Å². The van der Waals surface area contributed by atoms with Gasteiger partial charge in [-0.15, -0.1) is 0 Å². The molecule has 0 aliphatic carbocycles. The molecule has 0 aromatic rings. The maximum atomic E-state index is 11.3. The highest BCUT2D eigenvalue weighted by atomic mass is 31.3. The van der Waals surface area contributed by atoms with Gasteiger partial charge in [0.25, 0.3) is 0 Å². The molecule has 0 fully saturated rings. The van der Waals surface area contributed by atoms with Crippen molar-refractivity contribution in [3.8, 4) is 0 Å². The number of hydrogen-bond acceptors (Lipinski definition) is 5. The van der Waals surface area contributed by atoms with Gasteiger partial charge in [0.15, 0.2) is 0 Å². The third-order valence-electron chi connectivity index (χ3n) is 3.88. The van der Waals surface area contributed by atoms with Crippen molar-refractivity contribution < 1.29 is 37.4 Å². The van der Waals surface area contributed by atoms with Crippen LogP contribution in [0, 0.1) is 0 Å². The molecule has 1 unspecified atom stereocenters. The van der Waals surface area contributed by atoms with E-state index in [0.717, 1.165) is 31.3 Å². The Morgan fingerprint density at radius 1 is 0.767 bits per heavy atom. The summed E-state index contributed by atoms with van der Waals surface area (Å²) in [5, 5.41) is 0. The second-order valence-corrected chi connectivity index (χ2v) is 10.2. The van der Waals surface area contributed by atoms with E-state index in [4.69, 9.17) is 19.4 Å². The molecule has 0 bridgehead atoms. The second-order valence-electron chi connectivity index (χ2n) is 7.36. The highest BCUT2D eigenvalue weighted by Gasteiger charge is 2.31. The van der Waals surface area contributed by atoms with Crippen LogP contribution in [-0.4, -0.2) is 34.5 Å². The van der Waals surface area contributed by atoms with Crippen LogP contribution in [0.4, 0.5) is 0 Å². The van der Waals surface area contributed by atoms with Crippen molar-refractivity contribution in [1.82, 2.24) is 0 Å². The van der Waals surface area contributed by atoms with Crippen LogP contribution in [-0.2, 0) is 22.7 Å². The van der Waals surface area contributed by atoms with Crippen molar-refractivity contribution in [1.29, 1.82) is 0 Å². The van der Waals surface area contributed by atoms with Gasteiger partial charge in [-0.25, -0.2) is 9.13 Å². The van der Waals surface area contributed by atoms with Gasteiger partial charge in [0.2, 0.25) is 0 Å². The number of ether oxygens (including phenoxy) is 1. The fourth-order valence-electron chi connectivity index (χ4n) is 2.25. The number of allylic oxidation sites excluding steroid dienone is 5. The first kappa shape index (κ1) is 29.2. The van der Waals surface area contributed by atoms with Gasteiger partial charge in [-0.05, 0) is 65.9 Å². The molecule has 8 nitrogen and oxygen atoms in total. The Kier molecular flexibility index (Phi) is 14.6. The zero-order valence-electron chi connectivity index (χ0n) is 18.5. The van der Waals surface area contributed by atoms with E-state index in [1.165, 1.54) is 22.8 Å². The zero-order chi connectivity index (χ0) is 23.2. The van der Waals surface area contributed by atoms with Crippen LogP contribution >= 0.6 is 15.6 Å². The smallest absolute Gasteiger partial charge is 0.373 e. The van der Waals surface area contributed by atoms with E-state index < -0.39 is 15.6 Å². The predicted octanol–water partition coefficient (Wildman–Crippen LogP) is 5.59. The van der Waals surface area contributed by atoms with Gasteiger partial charge in [-0.1, -0.05) is 41.0 Å². The SMILES string of the molecule is CC(C)=CCC/C(C)=C/CC/C(C)=C/COC/C(C)=C/COP(=O)(O)OP(=O)(O)O. The first-order valence-electron chi connectivity index (χ1n) is 9.73. The summed E-state index contributed by atoms with van der Waals surface area (Å²) in [5.74, 6) is 0. The van der Waals surface area contributed by atoms with Crippen LogP contribution in [0.3, 0.4) is 0 Å². The van der Waals surface area contributed by atoms with E-state index >= 15 is 0 Å². The van der Waals surface area contributed by atoms with Crippen LogP contribution in [0.25, 0.3) is 0 Å². The Hall–Kier alpha value is -0.820. The topological polar surface area (TPSA) is 123 Å². The molecule has 0 spiro atoms. The van der Waals surface area contributed by atoms with Crippen LogP contribution in [0.1, 0.15) is 60.3 Å². The van der Waals surface area contributed by atoms with Crippen LogP contribution in [0.2, 0.25) is 0 Å². The van der Waals surface area contributed by atoms with Crippen LogP contribution in [0.15, 0.2) is 46.6 Å². The Morgan fingerprint density at radius 2 is 1.30 bits per heavy atom. The summed E-state index contributed by atoms with van der Waals surface area (Å²) < 4.78 is 35.5. The summed E-state index contributed by atoms with van der Waals surface area (Å²) in [6.45, 7) is 10.6. The maximum absolute atomic E-state index is 11.3. The average Bonchev–Trinajstić information content (AvgIpc) is 2.56. The Labute approximate surface area is 180 Å². The molecule has 0 radical (unpaired) electrons. The molecule has 0 saturated carbocycles. The summed E-state index contributed by atoms with van der Waals surface area (Å²) in [4.78, 5) is 26.2. The number of phosphoric ester groups is 1. The molecular formula is C20H36O8P2. The third-order valence-corrected chi connectivity index (χ3v) is 6.03. The largest absolute Gasteiger partial charge is 0.481 e. The van der Waals surface area contributed by atoms with Crippen molar-refractivity contribution in [3.05, 3.63) is 46.6 Å². The molecule has 0 aromatic heterocycles. The van der Waals surface area contributed by atoms with Crippen molar-refractivity contribution in [3.63, 3.8) is 0 Å². The van der Waals surface area contributed by atoms with Gasteiger partial charge in [-0.3, -0.25) is 4.52 Å². The van der Waals surface area contributed by atoms with E-state index in [0.29, 0.717) is 13.2 Å². The number of hydrogen-bond donors (Lipinski definition) is 3. The highest BCUT2D eigenvalue weighted by molar-refractivity contribution is 7.60. The fourth-order valence-corrected chi connectivity index (χ4v) is 3.78. The van der Waals surface area contributed by atoms with Crippen molar-refractivity contribution in [2.24, 2.45) is 0 Å². The van der Waals surface area contributed by atoms with Gasteiger partial charge >= 0.3 is 15.6 Å². The molecule has 0 rings (SSSR count). The molecule has 174 valence electrons. The molecular weight excluding hydrogens is 430 g/mol. The molecule has 0 aliphatic heterocycles. The number of phosphoric acid groups is 2. The standard InChI is InChI=1S/C20H36O8P2/c1-17(2)8-6-9-18(3)10-7-11-19(4)12-14-26-16-20(5)13-15-27-30(24,25)28-29(21,22)23/h8,10,12-13H,6-7,9,11,14-16H2,1-5H3,(H,24,25)(H2,21,22,23)/b18-10+,19-12+,20-13+. The molecule has 10 heteroatoms. The summed E-state index contributed by atoms with van der Waals surface area (Å²) in [6, 6.07) is 0. The average molecular weight is 466 g/mol. The lowest BCUT2D eigenvalue weighted by molar-refractivity contribution is 0.181. The maximum Gasteiger partial charge on any atom is 0.481 e. The van der Waals surface area contributed by atoms with Gasteiger partial charge in [0.1, 0.15) is 0 Å². The lowest BCUT2D eigenvalue weighted by Gasteiger charge is -2.11. The van der Waals surface area contributed by atoms with Crippen molar-refractivity contribution in [2.45, 2.75) is 60.3 Å². The quantitative estimate of drug-likeness (QED) is 0.162. The number of rotatable bonds is 15. The summed E-state index contributed by atoms with van der Waals surface area (Å²) in [5.41, 5.74) is 4.73. The summed E-state index contributed by atoms with van der Waals surface area (Å²) >= 11 is 0. The van der Waals surface area contributed by atoms with Crippen molar-refractivity contribution >= 4 is 15.6 Å². The molecule has 0 saturated heterocycles. The lowest BCUT2D eigenvalue weighted by Crippen LogP contribution is -1.99. The van der Waals surface area contributed by atoms with E-state index in [1.807, 2.05) is 6.08 Å². The molecule has 30 heavy (non-hydrogen) atoms. The highest BCUT2D eigenvalue weighted by Crippen LogP contribution is 2.57. The monoisotopic (exact) mass is 466 g/mol. The minimum atomic E-state index is -5.10. The van der Waals surface area contributed by atoms with E-state index in [1.54, 1.807) is 6.92 Å². The molecule has 3 N–H and O–H groups in total. The minimum absolute atomic E-state index is 0.297. The van der Waals surface area contributed by atoms with E-state index in [-0.39, 0.29) is 6.61 Å². The first-order chi connectivity index (χ1) is 13.8. The van der Waals surface area contributed by atoms with Gasteiger partial charge < -0.3 is 19.4 Å². The molecule has 0 heterocycles. The minimum Gasteiger partial charge on any atom is -0.373 e. The lowest BCUT2D eigenvalue weighted by atomic mass is 10.1. The van der Waals surface area contributed by atoms with Gasteiger partial charge in [0, 0.05) is 0 Å². The predicted molar refractivity (Wildman–Crippen MR) is 119 cm³/mol. The third kappa shape index (κ3) is 19.2. The molecule has 0 aromatic carbocycles. The molecule has 0 aliphatic rings. The van der Waals surface area contributed by atoms with Crippen LogP contribution < -0.4 is 0 Å². The first-order valence-corrected chi connectivity index (χ1v) is 12.8. The molecule has 1 atom stereocenters. The zero-order valence-corrected chi connectivity index (χ0v) is 20.3. The summed E-state index contributed by atoms with van der Waals surface area (Å²) in [7, 11) is -9.91. The normalized spacial score (nSPS) is 15.8. The Bertz CT molecular complexity index is 727. The fraction of sp³-hybridized carbons (Fsp3) is 0.600. The second kappa shape index (κ2) is 15.1. The van der Waals surface area contributed by atoms with Gasteiger partial charge in [0.05, 0.1) is 19.8 Å². The summed E-state index contributed by atoms with van der Waals surface area (Å²) in [6.07, 6.45) is 12.2.